The topological polar surface area (TPSA) is 38.0 Å². The third-order valence-corrected chi connectivity index (χ3v) is 3.25. The third kappa shape index (κ3) is 4.32. The van der Waals surface area contributed by atoms with Crippen LogP contribution < -0.4 is 11.1 Å². The summed E-state index contributed by atoms with van der Waals surface area (Å²) in [5, 5.41) is 3.40. The van der Waals surface area contributed by atoms with E-state index in [1.807, 2.05) is 24.3 Å². The highest BCUT2D eigenvalue weighted by atomic mass is 14.9. The van der Waals surface area contributed by atoms with E-state index >= 15 is 0 Å². The first-order valence-electron chi connectivity index (χ1n) is 6.95. The van der Waals surface area contributed by atoms with Crippen molar-refractivity contribution < 1.29 is 0 Å². The van der Waals surface area contributed by atoms with Crippen LogP contribution in [0.15, 0.2) is 48.5 Å². The summed E-state index contributed by atoms with van der Waals surface area (Å²) in [6, 6.07) is 16.7. The Kier molecular flexibility index (Phi) is 4.85. The minimum absolute atomic E-state index is 0.797. The fraction of sp³-hybridized carbons (Fsp3) is 0.294. The number of aryl methyl sites for hydroxylation is 1. The van der Waals surface area contributed by atoms with Crippen molar-refractivity contribution in [3.05, 3.63) is 59.7 Å². The standard InChI is InChI=1S/C17H22N2/c1-2-3-4-14-5-7-15(8-6-14)13-19-17-11-9-16(18)10-12-17/h5-12,19H,2-4,13,18H2,1H3. The van der Waals surface area contributed by atoms with Gasteiger partial charge in [0.05, 0.1) is 0 Å². The van der Waals surface area contributed by atoms with Crippen molar-refractivity contribution in [2.45, 2.75) is 32.7 Å². The van der Waals surface area contributed by atoms with Crippen LogP contribution in [0.2, 0.25) is 0 Å². The molecule has 2 aromatic carbocycles. The fourth-order valence-electron chi connectivity index (χ4n) is 2.01. The first kappa shape index (κ1) is 13.5. The zero-order chi connectivity index (χ0) is 13.5. The molecule has 0 aromatic heterocycles. The predicted molar refractivity (Wildman–Crippen MR) is 83.2 cm³/mol. The monoisotopic (exact) mass is 254 g/mol. The minimum Gasteiger partial charge on any atom is -0.399 e. The summed E-state index contributed by atoms with van der Waals surface area (Å²) in [5.74, 6) is 0. The summed E-state index contributed by atoms with van der Waals surface area (Å²) < 4.78 is 0. The van der Waals surface area contributed by atoms with E-state index in [4.69, 9.17) is 5.73 Å². The maximum absolute atomic E-state index is 5.66. The number of anilines is 2. The molecule has 0 amide bonds. The van der Waals surface area contributed by atoms with Gasteiger partial charge in [-0.3, -0.25) is 0 Å². The number of unbranched alkanes of at least 4 members (excludes halogenated alkanes) is 1. The highest BCUT2D eigenvalue weighted by Crippen LogP contribution is 2.13. The Morgan fingerprint density at radius 3 is 2.16 bits per heavy atom. The largest absolute Gasteiger partial charge is 0.399 e. The lowest BCUT2D eigenvalue weighted by molar-refractivity contribution is 0.794. The van der Waals surface area contributed by atoms with E-state index < -0.39 is 0 Å². The van der Waals surface area contributed by atoms with Crippen molar-refractivity contribution in [3.8, 4) is 0 Å². The Bertz CT molecular complexity index is 486. The minimum atomic E-state index is 0.797. The molecule has 0 atom stereocenters. The Labute approximate surface area is 115 Å². The molecule has 0 aliphatic rings. The number of nitrogens with two attached hydrogens (primary N) is 1. The van der Waals surface area contributed by atoms with Gasteiger partial charge in [0, 0.05) is 17.9 Å². The van der Waals surface area contributed by atoms with Crippen molar-refractivity contribution in [2.24, 2.45) is 0 Å². The lowest BCUT2D eigenvalue weighted by Crippen LogP contribution is -1.99. The molecule has 0 saturated heterocycles. The molecule has 19 heavy (non-hydrogen) atoms. The Balaban J connectivity index is 1.87. The summed E-state index contributed by atoms with van der Waals surface area (Å²) >= 11 is 0. The molecule has 0 heterocycles. The second-order valence-electron chi connectivity index (χ2n) is 4.90. The van der Waals surface area contributed by atoms with Crippen LogP contribution >= 0.6 is 0 Å². The molecule has 2 rings (SSSR count). The molecular formula is C17H22N2. The van der Waals surface area contributed by atoms with Crippen LogP contribution in [0.1, 0.15) is 30.9 Å². The smallest absolute Gasteiger partial charge is 0.0400 e. The van der Waals surface area contributed by atoms with Crippen molar-refractivity contribution in [3.63, 3.8) is 0 Å². The Hall–Kier alpha value is -1.96. The van der Waals surface area contributed by atoms with E-state index in [0.29, 0.717) is 0 Å². The van der Waals surface area contributed by atoms with E-state index in [-0.39, 0.29) is 0 Å². The van der Waals surface area contributed by atoms with Gasteiger partial charge in [-0.2, -0.15) is 0 Å². The number of nitrogens with one attached hydrogen (secondary N) is 1. The summed E-state index contributed by atoms with van der Waals surface area (Å²) in [6.45, 7) is 3.07. The van der Waals surface area contributed by atoms with E-state index in [1.54, 1.807) is 0 Å². The SMILES string of the molecule is CCCCc1ccc(CNc2ccc(N)cc2)cc1. The van der Waals surface area contributed by atoms with Crippen LogP contribution in [0, 0.1) is 0 Å². The molecule has 2 nitrogen and oxygen atoms in total. The highest BCUT2D eigenvalue weighted by molar-refractivity contribution is 5.51. The molecule has 0 radical (unpaired) electrons. The van der Waals surface area contributed by atoms with E-state index in [1.165, 1.54) is 30.4 Å². The van der Waals surface area contributed by atoms with Crippen LogP contribution in [0.4, 0.5) is 11.4 Å². The normalized spacial score (nSPS) is 10.4. The van der Waals surface area contributed by atoms with Gasteiger partial charge < -0.3 is 11.1 Å². The van der Waals surface area contributed by atoms with Gasteiger partial charge in [0.15, 0.2) is 0 Å². The van der Waals surface area contributed by atoms with E-state index in [2.05, 4.69) is 36.5 Å². The quantitative estimate of drug-likeness (QED) is 0.757. The molecule has 0 bridgehead atoms. The van der Waals surface area contributed by atoms with Crippen molar-refractivity contribution in [1.29, 1.82) is 0 Å². The van der Waals surface area contributed by atoms with E-state index in [0.717, 1.165) is 17.9 Å². The summed E-state index contributed by atoms with van der Waals surface area (Å²) in [7, 11) is 0. The van der Waals surface area contributed by atoms with Crippen LogP contribution in [0.3, 0.4) is 0 Å². The maximum Gasteiger partial charge on any atom is 0.0400 e. The Morgan fingerprint density at radius 2 is 1.53 bits per heavy atom. The molecule has 0 spiro atoms. The highest BCUT2D eigenvalue weighted by Gasteiger charge is 1.96. The van der Waals surface area contributed by atoms with Gasteiger partial charge in [0.2, 0.25) is 0 Å². The number of hydrogen-bond acceptors (Lipinski definition) is 2. The molecule has 0 aliphatic heterocycles. The van der Waals surface area contributed by atoms with Gasteiger partial charge in [0.1, 0.15) is 0 Å². The second kappa shape index (κ2) is 6.83. The maximum atomic E-state index is 5.66. The molecule has 2 heteroatoms. The number of rotatable bonds is 6. The molecule has 0 unspecified atom stereocenters. The van der Waals surface area contributed by atoms with Crippen LogP contribution in [-0.4, -0.2) is 0 Å². The van der Waals surface area contributed by atoms with Gasteiger partial charge in [-0.15, -0.1) is 0 Å². The lowest BCUT2D eigenvalue weighted by Gasteiger charge is -2.08. The lowest BCUT2D eigenvalue weighted by atomic mass is 10.1. The number of nitrogen functional groups attached to an aromatic ring is 1. The Morgan fingerprint density at radius 1 is 0.895 bits per heavy atom. The zero-order valence-corrected chi connectivity index (χ0v) is 11.5. The molecule has 3 N–H and O–H groups in total. The molecule has 0 fully saturated rings. The summed E-state index contributed by atoms with van der Waals surface area (Å²) in [6.07, 6.45) is 3.70. The number of benzene rings is 2. The first-order chi connectivity index (χ1) is 9.28. The molecule has 0 saturated carbocycles. The predicted octanol–water partition coefficient (Wildman–Crippen LogP) is 4.22. The van der Waals surface area contributed by atoms with Crippen molar-refractivity contribution in [1.82, 2.24) is 0 Å². The van der Waals surface area contributed by atoms with Crippen molar-refractivity contribution >= 4 is 11.4 Å². The molecular weight excluding hydrogens is 232 g/mol. The summed E-state index contributed by atoms with van der Waals surface area (Å²) in [4.78, 5) is 0. The number of hydrogen-bond donors (Lipinski definition) is 2. The first-order valence-corrected chi connectivity index (χ1v) is 6.95. The summed E-state index contributed by atoms with van der Waals surface area (Å²) in [5.41, 5.74) is 10.3. The second-order valence-corrected chi connectivity index (χ2v) is 4.90. The third-order valence-electron chi connectivity index (χ3n) is 3.25. The van der Waals surface area contributed by atoms with Gasteiger partial charge in [-0.25, -0.2) is 0 Å². The van der Waals surface area contributed by atoms with Crippen LogP contribution in [-0.2, 0) is 13.0 Å². The van der Waals surface area contributed by atoms with Crippen molar-refractivity contribution in [2.75, 3.05) is 11.1 Å². The van der Waals surface area contributed by atoms with Gasteiger partial charge >= 0.3 is 0 Å². The molecule has 100 valence electrons. The van der Waals surface area contributed by atoms with E-state index in [9.17, 15) is 0 Å². The van der Waals surface area contributed by atoms with Crippen LogP contribution in [0.25, 0.3) is 0 Å². The van der Waals surface area contributed by atoms with Crippen LogP contribution in [0.5, 0.6) is 0 Å². The van der Waals surface area contributed by atoms with Gasteiger partial charge in [-0.05, 0) is 48.2 Å². The van der Waals surface area contributed by atoms with Gasteiger partial charge in [-0.1, -0.05) is 37.6 Å². The molecule has 2 aromatic rings. The average Bonchev–Trinajstić information content (AvgIpc) is 2.46. The molecule has 0 aliphatic carbocycles. The fourth-order valence-corrected chi connectivity index (χ4v) is 2.01. The van der Waals surface area contributed by atoms with Gasteiger partial charge in [0.25, 0.3) is 0 Å². The zero-order valence-electron chi connectivity index (χ0n) is 11.5. The average molecular weight is 254 g/mol.